The van der Waals surface area contributed by atoms with Gasteiger partial charge in [0.1, 0.15) is 0 Å². The fourth-order valence-corrected chi connectivity index (χ4v) is 7.82. The Bertz CT molecular complexity index is 1320. The van der Waals surface area contributed by atoms with Crippen LogP contribution in [0.3, 0.4) is 0 Å². The minimum absolute atomic E-state index is 0.183. The number of aryl methyl sites for hydroxylation is 1. The van der Waals surface area contributed by atoms with Gasteiger partial charge in [0.05, 0.1) is 18.1 Å². The lowest BCUT2D eigenvalue weighted by Crippen LogP contribution is -2.34. The first-order chi connectivity index (χ1) is 16.5. The average Bonchev–Trinajstić information content (AvgIpc) is 3.52. The number of hydrogen-bond acceptors (Lipinski definition) is 3. The van der Waals surface area contributed by atoms with Crippen LogP contribution in [0.4, 0.5) is 0 Å². The normalized spacial score (nSPS) is 27.0. The number of nitrogens with zero attached hydrogens (tertiary/aromatic N) is 1. The van der Waals surface area contributed by atoms with E-state index in [9.17, 15) is 8.42 Å². The third-order valence-corrected chi connectivity index (χ3v) is 9.75. The summed E-state index contributed by atoms with van der Waals surface area (Å²) in [6.07, 6.45) is 0. The second kappa shape index (κ2) is 8.49. The van der Waals surface area contributed by atoms with Crippen molar-refractivity contribution in [3.05, 3.63) is 113 Å². The summed E-state index contributed by atoms with van der Waals surface area (Å²) < 4.78 is 35.0. The van der Waals surface area contributed by atoms with Gasteiger partial charge in [-0.2, -0.15) is 4.31 Å². The van der Waals surface area contributed by atoms with Crippen molar-refractivity contribution < 1.29 is 13.2 Å². The minimum atomic E-state index is -3.56. The van der Waals surface area contributed by atoms with Gasteiger partial charge in [0.25, 0.3) is 0 Å². The van der Waals surface area contributed by atoms with Crippen molar-refractivity contribution in [2.24, 2.45) is 11.8 Å². The Balaban J connectivity index is 1.46. The topological polar surface area (TPSA) is 46.6 Å². The molecule has 0 bridgehead atoms. The molecule has 3 aromatic carbocycles. The van der Waals surface area contributed by atoms with Crippen LogP contribution in [-0.2, 0) is 14.8 Å². The van der Waals surface area contributed by atoms with E-state index >= 15 is 0 Å². The maximum Gasteiger partial charge on any atom is 0.243 e. The third kappa shape index (κ3) is 3.54. The fourth-order valence-electron chi connectivity index (χ4n) is 6.32. The lowest BCUT2D eigenvalue weighted by molar-refractivity contribution is 0.199. The quantitative estimate of drug-likeness (QED) is 0.495. The van der Waals surface area contributed by atoms with E-state index in [2.05, 4.69) is 54.6 Å². The van der Waals surface area contributed by atoms with Crippen molar-refractivity contribution in [1.29, 1.82) is 0 Å². The Morgan fingerprint density at radius 3 is 2.06 bits per heavy atom. The summed E-state index contributed by atoms with van der Waals surface area (Å²) in [4.78, 5) is 0.379. The molecule has 0 radical (unpaired) electrons. The molecule has 174 valence electrons. The molecule has 2 aliphatic heterocycles. The van der Waals surface area contributed by atoms with Crippen LogP contribution in [-0.4, -0.2) is 39.0 Å². The number of hydrogen-bond donors (Lipinski definition) is 0. The SMILES string of the molecule is Cc1ccc(S(=O)(=O)N2C[C@H]3[C@H](c4ccccc4)[C@H](c4ccccc4)C4=C(COC4)[C@@H]3C2)cc1. The maximum atomic E-state index is 13.7. The molecule has 4 atom stereocenters. The van der Waals surface area contributed by atoms with Crippen LogP contribution in [0, 0.1) is 18.8 Å². The van der Waals surface area contributed by atoms with Crippen LogP contribution < -0.4 is 0 Å². The number of fused-ring (bicyclic) bond motifs is 2. The summed E-state index contributed by atoms with van der Waals surface area (Å²) in [5.74, 6) is 0.785. The van der Waals surface area contributed by atoms with E-state index in [0.29, 0.717) is 31.2 Å². The lowest BCUT2D eigenvalue weighted by Gasteiger charge is -2.41. The van der Waals surface area contributed by atoms with E-state index in [-0.39, 0.29) is 23.7 Å². The zero-order valence-electron chi connectivity index (χ0n) is 19.3. The predicted octanol–water partition coefficient (Wildman–Crippen LogP) is 5.14. The molecule has 1 saturated heterocycles. The highest BCUT2D eigenvalue weighted by Gasteiger charge is 2.52. The molecule has 0 saturated carbocycles. The Morgan fingerprint density at radius 2 is 1.38 bits per heavy atom. The van der Waals surface area contributed by atoms with E-state index in [1.807, 2.05) is 25.1 Å². The molecule has 1 fully saturated rings. The number of benzene rings is 3. The predicted molar refractivity (Wildman–Crippen MR) is 133 cm³/mol. The molecule has 3 aromatic rings. The average molecular weight is 472 g/mol. The van der Waals surface area contributed by atoms with Gasteiger partial charge in [0.15, 0.2) is 0 Å². The van der Waals surface area contributed by atoms with Crippen LogP contribution in [0.5, 0.6) is 0 Å². The highest BCUT2D eigenvalue weighted by atomic mass is 32.2. The summed E-state index contributed by atoms with van der Waals surface area (Å²) in [6, 6.07) is 28.5. The van der Waals surface area contributed by atoms with Crippen molar-refractivity contribution in [2.45, 2.75) is 23.7 Å². The van der Waals surface area contributed by atoms with Gasteiger partial charge in [0.2, 0.25) is 10.0 Å². The molecule has 0 amide bonds. The van der Waals surface area contributed by atoms with E-state index in [1.54, 1.807) is 16.4 Å². The molecule has 3 aliphatic rings. The first-order valence-corrected chi connectivity index (χ1v) is 13.4. The van der Waals surface area contributed by atoms with E-state index in [1.165, 1.54) is 22.3 Å². The first kappa shape index (κ1) is 21.8. The molecular formula is C29H29NO3S. The Kier molecular flexibility index (Phi) is 5.44. The summed E-state index contributed by atoms with van der Waals surface area (Å²) in [5, 5.41) is 0. The Labute approximate surface area is 201 Å². The van der Waals surface area contributed by atoms with Crippen LogP contribution in [0.2, 0.25) is 0 Å². The summed E-state index contributed by atoms with van der Waals surface area (Å²) >= 11 is 0. The van der Waals surface area contributed by atoms with Crippen molar-refractivity contribution in [3.8, 4) is 0 Å². The van der Waals surface area contributed by atoms with E-state index in [4.69, 9.17) is 4.74 Å². The van der Waals surface area contributed by atoms with Gasteiger partial charge < -0.3 is 4.74 Å². The highest BCUT2D eigenvalue weighted by Crippen LogP contribution is 2.56. The number of sulfonamides is 1. The Morgan fingerprint density at radius 1 is 0.765 bits per heavy atom. The van der Waals surface area contributed by atoms with Crippen LogP contribution >= 0.6 is 0 Å². The van der Waals surface area contributed by atoms with Crippen LogP contribution in [0.15, 0.2) is 101 Å². The molecule has 0 N–H and O–H groups in total. The second-order valence-corrected chi connectivity index (χ2v) is 11.7. The molecule has 2 heterocycles. The molecule has 0 spiro atoms. The highest BCUT2D eigenvalue weighted by molar-refractivity contribution is 7.89. The minimum Gasteiger partial charge on any atom is -0.373 e. The smallest absolute Gasteiger partial charge is 0.243 e. The van der Waals surface area contributed by atoms with Gasteiger partial charge in [-0.1, -0.05) is 78.4 Å². The Hall–Kier alpha value is -2.73. The molecule has 1 aliphatic carbocycles. The number of ether oxygens (including phenoxy) is 1. The van der Waals surface area contributed by atoms with Crippen molar-refractivity contribution in [1.82, 2.24) is 4.31 Å². The van der Waals surface area contributed by atoms with Gasteiger partial charge >= 0.3 is 0 Å². The molecular weight excluding hydrogens is 442 g/mol. The summed E-state index contributed by atoms with van der Waals surface area (Å²) in [6.45, 7) is 4.27. The molecule has 4 nitrogen and oxygen atoms in total. The van der Waals surface area contributed by atoms with Crippen LogP contribution in [0.25, 0.3) is 0 Å². The zero-order chi connectivity index (χ0) is 23.3. The van der Waals surface area contributed by atoms with E-state index < -0.39 is 10.0 Å². The fraction of sp³-hybridized carbons (Fsp3) is 0.310. The first-order valence-electron chi connectivity index (χ1n) is 12.0. The molecule has 5 heteroatoms. The van der Waals surface area contributed by atoms with Gasteiger partial charge in [-0.15, -0.1) is 0 Å². The standard InChI is InChI=1S/C29H29NO3S/c1-20-12-14-23(15-13-20)34(31,32)30-16-24-25(17-30)28(21-8-4-2-5-9-21)29(22-10-6-3-7-11-22)27-19-33-18-26(24)27/h2-15,24-25,28-29H,16-19H2,1H3/t24-,25-,28+,29-/m1/s1. The summed E-state index contributed by atoms with van der Waals surface area (Å²) in [7, 11) is -3.56. The largest absolute Gasteiger partial charge is 0.373 e. The van der Waals surface area contributed by atoms with Crippen molar-refractivity contribution in [2.75, 3.05) is 26.3 Å². The van der Waals surface area contributed by atoms with Crippen molar-refractivity contribution >= 4 is 10.0 Å². The second-order valence-electron chi connectivity index (χ2n) is 9.77. The maximum absolute atomic E-state index is 13.7. The van der Waals surface area contributed by atoms with Gasteiger partial charge in [-0.3, -0.25) is 0 Å². The molecule has 6 rings (SSSR count). The molecule has 34 heavy (non-hydrogen) atoms. The molecule has 0 aromatic heterocycles. The van der Waals surface area contributed by atoms with Gasteiger partial charge in [-0.25, -0.2) is 8.42 Å². The monoisotopic (exact) mass is 471 g/mol. The lowest BCUT2D eigenvalue weighted by atomic mass is 9.61. The van der Waals surface area contributed by atoms with Crippen molar-refractivity contribution in [3.63, 3.8) is 0 Å². The number of rotatable bonds is 4. The van der Waals surface area contributed by atoms with Gasteiger partial charge in [0, 0.05) is 24.9 Å². The van der Waals surface area contributed by atoms with E-state index in [0.717, 1.165) is 5.56 Å². The third-order valence-electron chi connectivity index (χ3n) is 7.90. The van der Waals surface area contributed by atoms with Gasteiger partial charge in [-0.05, 0) is 53.2 Å². The van der Waals surface area contributed by atoms with Crippen LogP contribution in [0.1, 0.15) is 28.5 Å². The summed E-state index contributed by atoms with van der Waals surface area (Å²) in [5.41, 5.74) is 6.30. The zero-order valence-corrected chi connectivity index (χ0v) is 20.1. The molecule has 0 unspecified atom stereocenters.